The molecule has 1 saturated carbocycles. The van der Waals surface area contributed by atoms with Crippen LogP contribution in [0.1, 0.15) is 74.2 Å². The minimum absolute atomic E-state index is 0.145. The normalized spacial score (nSPS) is 15.9. The standard InChI is InChI=1S/C38H41N5O7S/c1-3-35(44)48-23-9-5-4-8-22-47-30-18-16-28(17-19-30)37(46)50-33-21-20-31(49-36(45)27-14-12-26(2)13-15-27)24-29(33)25-39-42-43-41-38-40-32-10-6-7-11-34(32)51-38/h3,6-7,10-11,16-21,24-27H,1,4-5,8-9,12-15,22-23H2,2H3,(H,40,41,42). The maximum atomic E-state index is 13.1. The Balaban J connectivity index is 1.18. The van der Waals surface area contributed by atoms with Gasteiger partial charge in [-0.25, -0.2) is 14.6 Å². The Kier molecular flexibility index (Phi) is 13.8. The second-order valence-corrected chi connectivity index (χ2v) is 13.2. The van der Waals surface area contributed by atoms with E-state index in [1.54, 1.807) is 42.5 Å². The summed E-state index contributed by atoms with van der Waals surface area (Å²) in [6.45, 7) is 6.47. The number of fused-ring (bicyclic) bond motifs is 1. The van der Waals surface area contributed by atoms with Crippen LogP contribution >= 0.6 is 11.3 Å². The van der Waals surface area contributed by atoms with Crippen LogP contribution in [0.2, 0.25) is 0 Å². The highest BCUT2D eigenvalue weighted by atomic mass is 32.1. The van der Waals surface area contributed by atoms with E-state index in [1.807, 2.05) is 24.3 Å². The Morgan fingerprint density at radius 3 is 2.43 bits per heavy atom. The van der Waals surface area contributed by atoms with Crippen LogP contribution in [0.25, 0.3) is 10.2 Å². The van der Waals surface area contributed by atoms with Gasteiger partial charge in [0, 0.05) is 11.6 Å². The molecule has 0 radical (unpaired) electrons. The quantitative estimate of drug-likeness (QED) is 0.0216. The molecule has 266 valence electrons. The van der Waals surface area contributed by atoms with Crippen LogP contribution in [-0.4, -0.2) is 42.3 Å². The van der Waals surface area contributed by atoms with Gasteiger partial charge in [0.2, 0.25) is 5.13 Å². The van der Waals surface area contributed by atoms with E-state index in [0.29, 0.717) is 46.9 Å². The first-order valence-corrected chi connectivity index (χ1v) is 17.8. The number of benzene rings is 3. The number of nitrogens with one attached hydrogen (secondary N) is 1. The summed E-state index contributed by atoms with van der Waals surface area (Å²) in [5.41, 5.74) is 4.05. The van der Waals surface area contributed by atoms with Crippen molar-refractivity contribution in [2.45, 2.75) is 58.3 Å². The Hall–Kier alpha value is -5.43. The second kappa shape index (κ2) is 19.1. The summed E-state index contributed by atoms with van der Waals surface area (Å²) in [5.74, 6) is 0.348. The summed E-state index contributed by atoms with van der Waals surface area (Å²) in [5, 5.41) is 12.6. The number of nitrogens with zero attached hydrogens (tertiary/aromatic N) is 4. The first-order chi connectivity index (χ1) is 24.9. The third-order valence-electron chi connectivity index (χ3n) is 8.28. The first-order valence-electron chi connectivity index (χ1n) is 17.0. The molecule has 51 heavy (non-hydrogen) atoms. The van der Waals surface area contributed by atoms with Crippen LogP contribution in [0.3, 0.4) is 0 Å². The number of hydrogen-bond acceptors (Lipinski definition) is 12. The summed E-state index contributed by atoms with van der Waals surface area (Å²) >= 11 is 1.40. The molecule has 1 heterocycles. The van der Waals surface area contributed by atoms with Crippen molar-refractivity contribution in [3.05, 3.63) is 90.5 Å². The molecular weight excluding hydrogens is 671 g/mol. The summed E-state index contributed by atoms with van der Waals surface area (Å²) < 4.78 is 23.3. The molecule has 1 N–H and O–H groups in total. The molecule has 0 spiro atoms. The van der Waals surface area contributed by atoms with E-state index < -0.39 is 11.9 Å². The van der Waals surface area contributed by atoms with E-state index in [4.69, 9.17) is 18.9 Å². The SMILES string of the molecule is C=CC(=O)OCCCCCCOc1ccc(C(=O)Oc2ccc(OC(=O)C3CCC(C)CC3)cc2C=NN/N=N/c2nc3ccccc3s2)cc1. The van der Waals surface area contributed by atoms with Gasteiger partial charge < -0.3 is 18.9 Å². The fourth-order valence-electron chi connectivity index (χ4n) is 5.40. The van der Waals surface area contributed by atoms with E-state index in [0.717, 1.165) is 67.7 Å². The van der Waals surface area contributed by atoms with Gasteiger partial charge in [0.25, 0.3) is 0 Å². The number of aromatic nitrogens is 1. The average Bonchev–Trinajstić information content (AvgIpc) is 3.57. The average molecular weight is 712 g/mol. The van der Waals surface area contributed by atoms with Crippen molar-refractivity contribution in [2.75, 3.05) is 13.2 Å². The largest absolute Gasteiger partial charge is 0.494 e. The van der Waals surface area contributed by atoms with Gasteiger partial charge in [0.1, 0.15) is 17.2 Å². The van der Waals surface area contributed by atoms with Crippen LogP contribution in [0.15, 0.2) is 94.8 Å². The molecule has 12 nitrogen and oxygen atoms in total. The molecule has 4 aromatic rings. The van der Waals surface area contributed by atoms with Crippen LogP contribution in [0, 0.1) is 11.8 Å². The molecule has 0 aliphatic heterocycles. The number of thiazole rings is 1. The van der Waals surface area contributed by atoms with Crippen LogP contribution in [0.4, 0.5) is 5.13 Å². The Labute approximate surface area is 300 Å². The number of hydrazone groups is 1. The van der Waals surface area contributed by atoms with Gasteiger partial charge in [0.05, 0.1) is 41.1 Å². The van der Waals surface area contributed by atoms with E-state index >= 15 is 0 Å². The van der Waals surface area contributed by atoms with Gasteiger partial charge in [-0.3, -0.25) is 4.79 Å². The van der Waals surface area contributed by atoms with Gasteiger partial charge in [-0.2, -0.15) is 10.6 Å². The summed E-state index contributed by atoms with van der Waals surface area (Å²) in [7, 11) is 0. The van der Waals surface area contributed by atoms with Crippen molar-refractivity contribution in [3.63, 3.8) is 0 Å². The highest BCUT2D eigenvalue weighted by molar-refractivity contribution is 7.21. The fraction of sp³-hybridized carbons (Fsp3) is 0.342. The van der Waals surface area contributed by atoms with Gasteiger partial charge >= 0.3 is 17.9 Å². The number of unbranched alkanes of at least 4 members (excludes halogenated alkanes) is 3. The van der Waals surface area contributed by atoms with E-state index in [2.05, 4.69) is 39.5 Å². The monoisotopic (exact) mass is 711 g/mol. The molecule has 0 saturated heterocycles. The van der Waals surface area contributed by atoms with Crippen molar-refractivity contribution in [2.24, 2.45) is 27.3 Å². The summed E-state index contributed by atoms with van der Waals surface area (Å²) in [4.78, 5) is 41.5. The zero-order chi connectivity index (χ0) is 35.8. The number of carbonyl (C=O) groups excluding carboxylic acids is 3. The highest BCUT2D eigenvalue weighted by Crippen LogP contribution is 2.31. The molecule has 0 unspecified atom stereocenters. The Morgan fingerprint density at radius 2 is 1.67 bits per heavy atom. The molecule has 1 aromatic heterocycles. The lowest BCUT2D eigenvalue weighted by atomic mass is 9.83. The number of rotatable bonds is 17. The van der Waals surface area contributed by atoms with Crippen molar-refractivity contribution < 1.29 is 33.3 Å². The molecule has 3 aromatic carbocycles. The molecule has 1 aliphatic rings. The highest BCUT2D eigenvalue weighted by Gasteiger charge is 2.26. The molecule has 13 heteroatoms. The first kappa shape index (κ1) is 36.8. The van der Waals surface area contributed by atoms with E-state index in [-0.39, 0.29) is 17.6 Å². The van der Waals surface area contributed by atoms with Crippen molar-refractivity contribution in [1.82, 2.24) is 10.5 Å². The Bertz CT molecular complexity index is 1820. The maximum Gasteiger partial charge on any atom is 0.343 e. The molecule has 0 bridgehead atoms. The summed E-state index contributed by atoms with van der Waals surface area (Å²) in [6.07, 6.45) is 9.62. The lowest BCUT2D eigenvalue weighted by Gasteiger charge is -2.24. The molecular formula is C38H41N5O7S. The predicted molar refractivity (Wildman–Crippen MR) is 195 cm³/mol. The minimum Gasteiger partial charge on any atom is -0.494 e. The van der Waals surface area contributed by atoms with Gasteiger partial charge in [-0.1, -0.05) is 42.1 Å². The van der Waals surface area contributed by atoms with Crippen LogP contribution in [-0.2, 0) is 14.3 Å². The van der Waals surface area contributed by atoms with Gasteiger partial charge in [-0.05, 0) is 117 Å². The number of carbonyl (C=O) groups is 3. The molecule has 5 rings (SSSR count). The molecule has 1 aliphatic carbocycles. The topological polar surface area (TPSA) is 150 Å². The van der Waals surface area contributed by atoms with Crippen LogP contribution < -0.4 is 19.7 Å². The minimum atomic E-state index is -0.585. The summed E-state index contributed by atoms with van der Waals surface area (Å²) in [6, 6.07) is 19.1. The van der Waals surface area contributed by atoms with Gasteiger partial charge in [0.15, 0.2) is 0 Å². The Morgan fingerprint density at radius 1 is 0.922 bits per heavy atom. The maximum absolute atomic E-state index is 13.1. The van der Waals surface area contributed by atoms with Crippen molar-refractivity contribution in [3.8, 4) is 17.2 Å². The third kappa shape index (κ3) is 11.6. The molecule has 0 atom stereocenters. The lowest BCUT2D eigenvalue weighted by Crippen LogP contribution is -2.25. The zero-order valence-electron chi connectivity index (χ0n) is 28.5. The number of para-hydroxylation sites is 1. The zero-order valence-corrected chi connectivity index (χ0v) is 29.3. The molecule has 1 fully saturated rings. The van der Waals surface area contributed by atoms with E-state index in [1.165, 1.54) is 17.6 Å². The third-order valence-corrected chi connectivity index (χ3v) is 9.20. The van der Waals surface area contributed by atoms with Crippen molar-refractivity contribution in [1.29, 1.82) is 0 Å². The predicted octanol–water partition coefficient (Wildman–Crippen LogP) is 8.54. The van der Waals surface area contributed by atoms with E-state index in [9.17, 15) is 14.4 Å². The van der Waals surface area contributed by atoms with Crippen LogP contribution in [0.5, 0.6) is 17.2 Å². The number of hydrogen-bond donors (Lipinski definition) is 1. The van der Waals surface area contributed by atoms with Gasteiger partial charge in [-0.15, -0.1) is 0 Å². The number of esters is 3. The fourth-order valence-corrected chi connectivity index (χ4v) is 6.18. The smallest absolute Gasteiger partial charge is 0.343 e. The molecule has 0 amide bonds. The number of ether oxygens (including phenoxy) is 4. The van der Waals surface area contributed by atoms with Crippen molar-refractivity contribution >= 4 is 50.8 Å². The second-order valence-electron chi connectivity index (χ2n) is 12.1. The lowest BCUT2D eigenvalue weighted by molar-refractivity contribution is -0.140.